The van der Waals surface area contributed by atoms with Crippen LogP contribution in [-0.2, 0) is 11.2 Å². The third-order valence-corrected chi connectivity index (χ3v) is 3.55. The first-order valence-electron chi connectivity index (χ1n) is 5.75. The number of Topliss-reactive ketones (excluding diaryl/α,β-unsaturated/α-hetero) is 1. The SMILES string of the molecule is Cc1cc(F)ccc1CC1(C)CCC(=O)C1. The van der Waals surface area contributed by atoms with Crippen molar-refractivity contribution in [2.24, 2.45) is 5.41 Å². The number of carbonyl (C=O) groups is 1. The number of carbonyl (C=O) groups excluding carboxylic acids is 1. The summed E-state index contributed by atoms with van der Waals surface area (Å²) in [6.07, 6.45) is 3.22. The van der Waals surface area contributed by atoms with E-state index in [-0.39, 0.29) is 11.2 Å². The van der Waals surface area contributed by atoms with Crippen LogP contribution in [0.5, 0.6) is 0 Å². The maximum Gasteiger partial charge on any atom is 0.133 e. The summed E-state index contributed by atoms with van der Waals surface area (Å²) in [5.74, 6) is 0.177. The lowest BCUT2D eigenvalue weighted by Gasteiger charge is -2.23. The Kier molecular flexibility index (Phi) is 2.83. The minimum absolute atomic E-state index is 0.0830. The molecule has 0 amide bonds. The molecule has 1 nitrogen and oxygen atoms in total. The average Bonchev–Trinajstić information content (AvgIpc) is 2.52. The third-order valence-electron chi connectivity index (χ3n) is 3.55. The Labute approximate surface area is 95.7 Å². The summed E-state index contributed by atoms with van der Waals surface area (Å²) in [6, 6.07) is 4.91. The summed E-state index contributed by atoms with van der Waals surface area (Å²) in [5, 5.41) is 0. The Morgan fingerprint density at radius 3 is 2.75 bits per heavy atom. The summed E-state index contributed by atoms with van der Waals surface area (Å²) in [4.78, 5) is 11.3. The molecular weight excluding hydrogens is 203 g/mol. The molecule has 0 aliphatic heterocycles. The molecule has 1 atom stereocenters. The maximum atomic E-state index is 13.0. The number of benzene rings is 1. The standard InChI is InChI=1S/C14H17FO/c1-10-7-12(15)4-3-11(10)8-14(2)6-5-13(16)9-14/h3-4,7H,5-6,8-9H2,1-2H3. The van der Waals surface area contributed by atoms with Gasteiger partial charge in [0.15, 0.2) is 0 Å². The van der Waals surface area contributed by atoms with E-state index in [4.69, 9.17) is 0 Å². The van der Waals surface area contributed by atoms with E-state index in [2.05, 4.69) is 6.92 Å². The van der Waals surface area contributed by atoms with E-state index in [0.717, 1.165) is 18.4 Å². The molecule has 2 heteroatoms. The van der Waals surface area contributed by atoms with Crippen molar-refractivity contribution in [3.8, 4) is 0 Å². The summed E-state index contributed by atoms with van der Waals surface area (Å²) in [6.45, 7) is 4.08. The molecule has 1 aromatic rings. The third kappa shape index (κ3) is 2.31. The van der Waals surface area contributed by atoms with Gasteiger partial charge >= 0.3 is 0 Å². The zero-order valence-electron chi connectivity index (χ0n) is 9.85. The predicted molar refractivity (Wildman–Crippen MR) is 61.8 cm³/mol. The number of rotatable bonds is 2. The van der Waals surface area contributed by atoms with Gasteiger partial charge in [0.25, 0.3) is 0 Å². The molecule has 0 N–H and O–H groups in total. The van der Waals surface area contributed by atoms with E-state index < -0.39 is 0 Å². The van der Waals surface area contributed by atoms with E-state index in [9.17, 15) is 9.18 Å². The van der Waals surface area contributed by atoms with Gasteiger partial charge in [0.1, 0.15) is 11.6 Å². The average molecular weight is 220 g/mol. The molecule has 1 unspecified atom stereocenters. The normalized spacial score (nSPS) is 25.1. The number of halogens is 1. The second-order valence-electron chi connectivity index (χ2n) is 5.27. The Morgan fingerprint density at radius 1 is 1.44 bits per heavy atom. The minimum atomic E-state index is -0.186. The van der Waals surface area contributed by atoms with Crippen molar-refractivity contribution in [1.82, 2.24) is 0 Å². The fourth-order valence-corrected chi connectivity index (χ4v) is 2.56. The van der Waals surface area contributed by atoms with Gasteiger partial charge in [-0.3, -0.25) is 4.79 Å². The highest BCUT2D eigenvalue weighted by Crippen LogP contribution is 2.39. The van der Waals surface area contributed by atoms with Crippen LogP contribution in [0.4, 0.5) is 4.39 Å². The van der Waals surface area contributed by atoms with Gasteiger partial charge < -0.3 is 0 Å². The van der Waals surface area contributed by atoms with Crippen molar-refractivity contribution < 1.29 is 9.18 Å². The van der Waals surface area contributed by atoms with Crippen LogP contribution in [0.15, 0.2) is 18.2 Å². The van der Waals surface area contributed by atoms with Gasteiger partial charge in [0.2, 0.25) is 0 Å². The molecule has 1 saturated carbocycles. The molecule has 0 spiro atoms. The molecular formula is C14H17FO. The molecule has 1 aliphatic rings. The fraction of sp³-hybridized carbons (Fsp3) is 0.500. The molecule has 2 rings (SSSR count). The summed E-state index contributed by atoms with van der Waals surface area (Å²) in [5.41, 5.74) is 2.24. The number of hydrogen-bond donors (Lipinski definition) is 0. The van der Waals surface area contributed by atoms with Gasteiger partial charge in [0, 0.05) is 12.8 Å². The van der Waals surface area contributed by atoms with Gasteiger partial charge in [-0.25, -0.2) is 4.39 Å². The Hall–Kier alpha value is -1.18. The first-order valence-corrected chi connectivity index (χ1v) is 5.75. The van der Waals surface area contributed by atoms with Crippen LogP contribution in [0.25, 0.3) is 0 Å². The first kappa shape index (κ1) is 11.3. The first-order chi connectivity index (χ1) is 7.48. The van der Waals surface area contributed by atoms with Crippen molar-refractivity contribution in [2.75, 3.05) is 0 Å². The lowest BCUT2D eigenvalue weighted by molar-refractivity contribution is -0.117. The molecule has 1 fully saturated rings. The largest absolute Gasteiger partial charge is 0.300 e. The number of hydrogen-bond acceptors (Lipinski definition) is 1. The highest BCUT2D eigenvalue weighted by molar-refractivity contribution is 5.81. The zero-order valence-corrected chi connectivity index (χ0v) is 9.85. The second kappa shape index (κ2) is 4.00. The van der Waals surface area contributed by atoms with Crippen molar-refractivity contribution in [3.63, 3.8) is 0 Å². The zero-order chi connectivity index (χ0) is 11.8. The van der Waals surface area contributed by atoms with Crippen LogP contribution < -0.4 is 0 Å². The van der Waals surface area contributed by atoms with Crippen LogP contribution in [-0.4, -0.2) is 5.78 Å². The lowest BCUT2D eigenvalue weighted by atomic mass is 9.81. The van der Waals surface area contributed by atoms with Gasteiger partial charge in [-0.05, 0) is 48.4 Å². The molecule has 0 saturated heterocycles. The number of aryl methyl sites for hydroxylation is 1. The maximum absolute atomic E-state index is 13.0. The van der Waals surface area contributed by atoms with Crippen molar-refractivity contribution >= 4 is 5.78 Å². The highest BCUT2D eigenvalue weighted by atomic mass is 19.1. The molecule has 1 aliphatic carbocycles. The topological polar surface area (TPSA) is 17.1 Å². The minimum Gasteiger partial charge on any atom is -0.300 e. The highest BCUT2D eigenvalue weighted by Gasteiger charge is 2.34. The Morgan fingerprint density at radius 2 is 2.19 bits per heavy atom. The Balaban J connectivity index is 2.17. The molecule has 86 valence electrons. The van der Waals surface area contributed by atoms with Crippen LogP contribution in [0.3, 0.4) is 0 Å². The molecule has 1 aromatic carbocycles. The monoisotopic (exact) mass is 220 g/mol. The predicted octanol–water partition coefficient (Wildman–Crippen LogP) is 3.44. The summed E-state index contributed by atoms with van der Waals surface area (Å²) < 4.78 is 13.0. The van der Waals surface area contributed by atoms with Crippen molar-refractivity contribution in [2.45, 2.75) is 39.5 Å². The molecule has 0 bridgehead atoms. The lowest BCUT2D eigenvalue weighted by Crippen LogP contribution is -2.16. The second-order valence-corrected chi connectivity index (χ2v) is 5.27. The molecule has 0 aromatic heterocycles. The molecule has 0 heterocycles. The molecule has 16 heavy (non-hydrogen) atoms. The van der Waals surface area contributed by atoms with Crippen LogP contribution in [0.2, 0.25) is 0 Å². The van der Waals surface area contributed by atoms with Crippen LogP contribution in [0.1, 0.15) is 37.3 Å². The van der Waals surface area contributed by atoms with E-state index in [0.29, 0.717) is 18.6 Å². The van der Waals surface area contributed by atoms with E-state index in [1.165, 1.54) is 11.6 Å². The van der Waals surface area contributed by atoms with Gasteiger partial charge in [-0.1, -0.05) is 13.0 Å². The fourth-order valence-electron chi connectivity index (χ4n) is 2.56. The van der Waals surface area contributed by atoms with E-state index in [1.54, 1.807) is 6.07 Å². The van der Waals surface area contributed by atoms with Gasteiger partial charge in [0.05, 0.1) is 0 Å². The molecule has 0 radical (unpaired) electrons. The van der Waals surface area contributed by atoms with Crippen LogP contribution in [0, 0.1) is 18.2 Å². The van der Waals surface area contributed by atoms with Gasteiger partial charge in [-0.15, -0.1) is 0 Å². The van der Waals surface area contributed by atoms with Crippen LogP contribution >= 0.6 is 0 Å². The Bertz CT molecular complexity index is 425. The quantitative estimate of drug-likeness (QED) is 0.746. The van der Waals surface area contributed by atoms with E-state index >= 15 is 0 Å². The number of ketones is 1. The van der Waals surface area contributed by atoms with Gasteiger partial charge in [-0.2, -0.15) is 0 Å². The van der Waals surface area contributed by atoms with E-state index in [1.807, 2.05) is 13.0 Å². The smallest absolute Gasteiger partial charge is 0.133 e. The summed E-state index contributed by atoms with van der Waals surface area (Å²) in [7, 11) is 0. The van der Waals surface area contributed by atoms with Crippen molar-refractivity contribution in [3.05, 3.63) is 35.1 Å². The van der Waals surface area contributed by atoms with Crippen molar-refractivity contribution in [1.29, 1.82) is 0 Å². The summed E-state index contributed by atoms with van der Waals surface area (Å²) >= 11 is 0.